The van der Waals surface area contributed by atoms with Crippen molar-refractivity contribution < 1.29 is 0 Å². The number of aromatic nitrogens is 3. The first-order chi connectivity index (χ1) is 13.3. The first-order valence-electron chi connectivity index (χ1n) is 9.13. The molecule has 0 fully saturated rings. The molecule has 0 bridgehead atoms. The largest absolute Gasteiger partial charge is 0.305 e. The summed E-state index contributed by atoms with van der Waals surface area (Å²) in [4.78, 5) is 4.07. The number of nitrogens with zero attached hydrogens (tertiary/aromatic N) is 3. The van der Waals surface area contributed by atoms with Crippen LogP contribution in [0.25, 0.3) is 16.8 Å². The van der Waals surface area contributed by atoms with Crippen molar-refractivity contribution in [3.8, 4) is 16.8 Å². The molecule has 0 spiro atoms. The van der Waals surface area contributed by atoms with Crippen LogP contribution in [-0.4, -0.2) is 14.8 Å². The number of hydrogen-bond acceptors (Lipinski definition) is 3. The van der Waals surface area contributed by atoms with Crippen LogP contribution in [0.4, 0.5) is 0 Å². The van der Waals surface area contributed by atoms with Gasteiger partial charge in [-0.1, -0.05) is 42.5 Å². The van der Waals surface area contributed by atoms with Gasteiger partial charge in [-0.2, -0.15) is 5.10 Å². The lowest BCUT2D eigenvalue weighted by molar-refractivity contribution is 0.545. The van der Waals surface area contributed by atoms with E-state index in [2.05, 4.69) is 64.8 Å². The third kappa shape index (κ3) is 3.96. The molecule has 27 heavy (non-hydrogen) atoms. The van der Waals surface area contributed by atoms with E-state index in [0.29, 0.717) is 0 Å². The summed E-state index contributed by atoms with van der Waals surface area (Å²) >= 11 is 0. The van der Waals surface area contributed by atoms with Gasteiger partial charge in [0.05, 0.1) is 11.4 Å². The maximum atomic E-state index is 4.48. The standard InChI is InChI=1S/C23H22N4/c1-18(23-13-16-26-27(23)22-5-3-2-4-6-22)25-17-19-7-9-20(10-8-19)21-11-14-24-15-12-21/h2-16,18,25H,17H2,1H3. The number of para-hydroxylation sites is 1. The minimum atomic E-state index is 0.188. The zero-order valence-electron chi connectivity index (χ0n) is 15.3. The first-order valence-corrected chi connectivity index (χ1v) is 9.13. The molecule has 0 aliphatic carbocycles. The number of pyridine rings is 1. The summed E-state index contributed by atoms with van der Waals surface area (Å²) in [6, 6.07) is 25.2. The van der Waals surface area contributed by atoms with E-state index >= 15 is 0 Å². The van der Waals surface area contributed by atoms with Crippen molar-refractivity contribution >= 4 is 0 Å². The molecule has 2 heterocycles. The fourth-order valence-corrected chi connectivity index (χ4v) is 3.16. The Morgan fingerprint density at radius 1 is 0.815 bits per heavy atom. The monoisotopic (exact) mass is 354 g/mol. The van der Waals surface area contributed by atoms with Gasteiger partial charge in [-0.3, -0.25) is 4.98 Å². The molecule has 0 saturated heterocycles. The van der Waals surface area contributed by atoms with E-state index in [1.165, 1.54) is 16.7 Å². The van der Waals surface area contributed by atoms with Crippen LogP contribution in [0, 0.1) is 0 Å². The molecule has 1 unspecified atom stereocenters. The Bertz CT molecular complexity index is 976. The first kappa shape index (κ1) is 17.2. The second kappa shape index (κ2) is 7.98. The fourth-order valence-electron chi connectivity index (χ4n) is 3.16. The second-order valence-electron chi connectivity index (χ2n) is 6.54. The van der Waals surface area contributed by atoms with E-state index in [4.69, 9.17) is 0 Å². The molecule has 4 nitrogen and oxygen atoms in total. The van der Waals surface area contributed by atoms with Crippen LogP contribution in [0.5, 0.6) is 0 Å². The van der Waals surface area contributed by atoms with Gasteiger partial charge >= 0.3 is 0 Å². The van der Waals surface area contributed by atoms with Crippen molar-refractivity contribution in [1.29, 1.82) is 0 Å². The molecular formula is C23H22N4. The van der Waals surface area contributed by atoms with Crippen molar-refractivity contribution in [3.63, 3.8) is 0 Å². The average Bonchev–Trinajstić information content (AvgIpc) is 3.24. The molecule has 0 aliphatic rings. The summed E-state index contributed by atoms with van der Waals surface area (Å²) in [7, 11) is 0. The minimum Gasteiger partial charge on any atom is -0.305 e. The Balaban J connectivity index is 1.43. The van der Waals surface area contributed by atoms with E-state index in [1.54, 1.807) is 0 Å². The Morgan fingerprint density at radius 2 is 1.52 bits per heavy atom. The fraction of sp³-hybridized carbons (Fsp3) is 0.130. The molecule has 0 radical (unpaired) electrons. The summed E-state index contributed by atoms with van der Waals surface area (Å²) in [6.07, 6.45) is 5.49. The normalized spacial score (nSPS) is 12.0. The van der Waals surface area contributed by atoms with Crippen LogP contribution in [0.2, 0.25) is 0 Å². The molecule has 0 amide bonds. The maximum Gasteiger partial charge on any atom is 0.0649 e. The average molecular weight is 354 g/mol. The number of hydrogen-bond donors (Lipinski definition) is 1. The maximum absolute atomic E-state index is 4.48. The lowest BCUT2D eigenvalue weighted by Crippen LogP contribution is -2.20. The van der Waals surface area contributed by atoms with E-state index in [-0.39, 0.29) is 6.04 Å². The molecule has 134 valence electrons. The molecular weight excluding hydrogens is 332 g/mol. The summed E-state index contributed by atoms with van der Waals surface area (Å²) in [6.45, 7) is 2.97. The van der Waals surface area contributed by atoms with E-state index in [9.17, 15) is 0 Å². The molecule has 2 aromatic heterocycles. The highest BCUT2D eigenvalue weighted by atomic mass is 15.3. The molecule has 0 saturated carbocycles. The SMILES string of the molecule is CC(NCc1ccc(-c2ccncc2)cc1)c1ccnn1-c1ccccc1. The van der Waals surface area contributed by atoms with Crippen LogP contribution >= 0.6 is 0 Å². The highest BCUT2D eigenvalue weighted by Crippen LogP contribution is 2.20. The Hall–Kier alpha value is -3.24. The Morgan fingerprint density at radius 3 is 2.26 bits per heavy atom. The minimum absolute atomic E-state index is 0.188. The van der Waals surface area contributed by atoms with E-state index in [0.717, 1.165) is 17.9 Å². The molecule has 1 atom stereocenters. The van der Waals surface area contributed by atoms with Gasteiger partial charge in [-0.15, -0.1) is 0 Å². The number of benzene rings is 2. The van der Waals surface area contributed by atoms with Gasteiger partial charge in [0.1, 0.15) is 0 Å². The van der Waals surface area contributed by atoms with E-state index in [1.807, 2.05) is 53.6 Å². The van der Waals surface area contributed by atoms with Gasteiger partial charge in [0.15, 0.2) is 0 Å². The molecule has 0 aliphatic heterocycles. The predicted octanol–water partition coefficient (Wildman–Crippen LogP) is 4.79. The van der Waals surface area contributed by atoms with Gasteiger partial charge in [0.25, 0.3) is 0 Å². The summed E-state index contributed by atoms with van der Waals surface area (Å²) in [5.74, 6) is 0. The summed E-state index contributed by atoms with van der Waals surface area (Å²) in [5, 5.41) is 8.08. The van der Waals surface area contributed by atoms with Gasteiger partial charge < -0.3 is 5.32 Å². The molecule has 4 rings (SSSR count). The lowest BCUT2D eigenvalue weighted by atomic mass is 10.1. The highest BCUT2D eigenvalue weighted by Gasteiger charge is 2.12. The second-order valence-corrected chi connectivity index (χ2v) is 6.54. The molecule has 1 N–H and O–H groups in total. The topological polar surface area (TPSA) is 42.7 Å². The van der Waals surface area contributed by atoms with Crippen LogP contribution in [-0.2, 0) is 6.54 Å². The zero-order chi connectivity index (χ0) is 18.5. The van der Waals surface area contributed by atoms with E-state index < -0.39 is 0 Å². The smallest absolute Gasteiger partial charge is 0.0649 e. The Labute approximate surface area is 159 Å². The van der Waals surface area contributed by atoms with Crippen LogP contribution in [0.15, 0.2) is 91.4 Å². The van der Waals surface area contributed by atoms with Gasteiger partial charge in [0, 0.05) is 31.2 Å². The summed E-state index contributed by atoms with van der Waals surface area (Å²) in [5.41, 5.74) is 5.87. The highest BCUT2D eigenvalue weighted by molar-refractivity contribution is 5.62. The van der Waals surface area contributed by atoms with Crippen LogP contribution in [0.1, 0.15) is 24.2 Å². The Kier molecular flexibility index (Phi) is 5.08. The van der Waals surface area contributed by atoms with Crippen molar-refractivity contribution in [2.45, 2.75) is 19.5 Å². The predicted molar refractivity (Wildman–Crippen MR) is 108 cm³/mol. The van der Waals surface area contributed by atoms with Gasteiger partial charge in [0.2, 0.25) is 0 Å². The number of nitrogens with one attached hydrogen (secondary N) is 1. The van der Waals surface area contributed by atoms with Crippen molar-refractivity contribution in [1.82, 2.24) is 20.1 Å². The quantitative estimate of drug-likeness (QED) is 0.541. The van der Waals surface area contributed by atoms with Gasteiger partial charge in [-0.25, -0.2) is 4.68 Å². The molecule has 4 heteroatoms. The third-order valence-electron chi connectivity index (χ3n) is 4.70. The molecule has 2 aromatic carbocycles. The summed E-state index contributed by atoms with van der Waals surface area (Å²) < 4.78 is 1.99. The molecule has 4 aromatic rings. The zero-order valence-corrected chi connectivity index (χ0v) is 15.3. The van der Waals surface area contributed by atoms with Crippen molar-refractivity contribution in [2.24, 2.45) is 0 Å². The third-order valence-corrected chi connectivity index (χ3v) is 4.70. The van der Waals surface area contributed by atoms with Crippen molar-refractivity contribution in [3.05, 3.63) is 103 Å². The van der Waals surface area contributed by atoms with Gasteiger partial charge in [-0.05, 0) is 53.9 Å². The number of rotatable bonds is 6. The van der Waals surface area contributed by atoms with Crippen LogP contribution < -0.4 is 5.32 Å². The van der Waals surface area contributed by atoms with Crippen molar-refractivity contribution in [2.75, 3.05) is 0 Å². The van der Waals surface area contributed by atoms with Crippen LogP contribution in [0.3, 0.4) is 0 Å². The lowest BCUT2D eigenvalue weighted by Gasteiger charge is -2.16.